The number of hydrogen-bond donors (Lipinski definition) is 3. The highest BCUT2D eigenvalue weighted by molar-refractivity contribution is 5.81. The fourth-order valence-corrected chi connectivity index (χ4v) is 3.17. The molecule has 3 N–H and O–H groups in total. The predicted octanol–water partition coefficient (Wildman–Crippen LogP) is -0.421. The van der Waals surface area contributed by atoms with Crippen LogP contribution in [0.25, 0.3) is 0 Å². The Kier molecular flexibility index (Phi) is 5.99. The van der Waals surface area contributed by atoms with E-state index >= 15 is 0 Å². The number of aliphatic hydroxyl groups is 1. The maximum atomic E-state index is 12.5. The number of piperidine rings is 1. The predicted molar refractivity (Wildman–Crippen MR) is 79.5 cm³/mol. The summed E-state index contributed by atoms with van der Waals surface area (Å²) >= 11 is 0. The third-order valence-corrected chi connectivity index (χ3v) is 4.65. The summed E-state index contributed by atoms with van der Waals surface area (Å²) in [5.41, 5.74) is 0. The summed E-state index contributed by atoms with van der Waals surface area (Å²) in [5, 5.41) is 14.8. The average Bonchev–Trinajstić information content (AvgIpc) is 2.93. The van der Waals surface area contributed by atoms with Gasteiger partial charge in [-0.1, -0.05) is 6.92 Å². The second-order valence-corrected chi connectivity index (χ2v) is 6.21. The number of rotatable bonds is 5. The Labute approximate surface area is 126 Å². The van der Waals surface area contributed by atoms with E-state index < -0.39 is 0 Å². The minimum absolute atomic E-state index is 0.00636. The maximum absolute atomic E-state index is 12.5. The van der Waals surface area contributed by atoms with Crippen molar-refractivity contribution in [2.75, 3.05) is 39.3 Å². The van der Waals surface area contributed by atoms with Gasteiger partial charge in [0.1, 0.15) is 0 Å². The quantitative estimate of drug-likeness (QED) is 0.602. The van der Waals surface area contributed by atoms with Gasteiger partial charge in [-0.25, -0.2) is 0 Å². The molecule has 6 nitrogen and oxygen atoms in total. The Morgan fingerprint density at radius 2 is 2.00 bits per heavy atom. The largest absolute Gasteiger partial charge is 0.396 e. The van der Waals surface area contributed by atoms with Crippen molar-refractivity contribution in [2.45, 2.75) is 26.2 Å². The monoisotopic (exact) mass is 297 g/mol. The molecule has 2 fully saturated rings. The summed E-state index contributed by atoms with van der Waals surface area (Å²) in [6.07, 6.45) is 2.08. The number of nitrogens with one attached hydrogen (secondary N) is 2. The molecule has 0 aliphatic carbocycles. The lowest BCUT2D eigenvalue weighted by molar-refractivity contribution is -0.139. The number of carbonyl (C=O) groups excluding carboxylic acids is 2. The van der Waals surface area contributed by atoms with E-state index in [4.69, 9.17) is 5.11 Å². The smallest absolute Gasteiger partial charge is 0.227 e. The van der Waals surface area contributed by atoms with Crippen molar-refractivity contribution in [3.63, 3.8) is 0 Å². The second kappa shape index (κ2) is 7.75. The molecule has 0 aromatic heterocycles. The zero-order valence-electron chi connectivity index (χ0n) is 12.8. The van der Waals surface area contributed by atoms with Crippen LogP contribution < -0.4 is 10.6 Å². The molecule has 21 heavy (non-hydrogen) atoms. The van der Waals surface area contributed by atoms with Crippen molar-refractivity contribution in [1.29, 1.82) is 0 Å². The van der Waals surface area contributed by atoms with Crippen LogP contribution in [0.3, 0.4) is 0 Å². The lowest BCUT2D eigenvalue weighted by Gasteiger charge is -2.33. The van der Waals surface area contributed by atoms with Gasteiger partial charge in [-0.3, -0.25) is 9.59 Å². The Balaban J connectivity index is 1.75. The highest BCUT2D eigenvalue weighted by Crippen LogP contribution is 2.23. The first-order chi connectivity index (χ1) is 10.1. The molecule has 120 valence electrons. The summed E-state index contributed by atoms with van der Waals surface area (Å²) in [7, 11) is 0. The second-order valence-electron chi connectivity index (χ2n) is 6.21. The summed E-state index contributed by atoms with van der Waals surface area (Å²) in [6, 6.07) is 0. The molecule has 2 heterocycles. The van der Waals surface area contributed by atoms with Crippen molar-refractivity contribution in [3.05, 3.63) is 0 Å². The number of aliphatic hydroxyl groups excluding tert-OH is 1. The Morgan fingerprint density at radius 3 is 2.57 bits per heavy atom. The molecule has 2 atom stereocenters. The van der Waals surface area contributed by atoms with Crippen molar-refractivity contribution in [1.82, 2.24) is 15.5 Å². The highest BCUT2D eigenvalue weighted by atomic mass is 16.3. The molecule has 0 aromatic rings. The zero-order chi connectivity index (χ0) is 15.2. The van der Waals surface area contributed by atoms with Crippen molar-refractivity contribution in [2.24, 2.45) is 17.8 Å². The van der Waals surface area contributed by atoms with Gasteiger partial charge in [0.05, 0.1) is 5.92 Å². The van der Waals surface area contributed by atoms with Crippen LogP contribution in [-0.2, 0) is 9.59 Å². The van der Waals surface area contributed by atoms with E-state index in [1.807, 2.05) is 4.90 Å². The van der Waals surface area contributed by atoms with Gasteiger partial charge in [0.15, 0.2) is 0 Å². The fraction of sp³-hybridized carbons (Fsp3) is 0.867. The van der Waals surface area contributed by atoms with Crippen LogP contribution in [-0.4, -0.2) is 61.2 Å². The molecule has 2 saturated heterocycles. The van der Waals surface area contributed by atoms with Gasteiger partial charge in [0.2, 0.25) is 11.8 Å². The number of amides is 2. The van der Waals surface area contributed by atoms with Gasteiger partial charge in [-0.2, -0.15) is 0 Å². The molecular formula is C15H27N3O3. The molecule has 0 aromatic carbocycles. The third-order valence-electron chi connectivity index (χ3n) is 4.65. The highest BCUT2D eigenvalue weighted by Gasteiger charge is 2.35. The first-order valence-corrected chi connectivity index (χ1v) is 8.01. The molecule has 0 bridgehead atoms. The lowest BCUT2D eigenvalue weighted by Crippen LogP contribution is -2.46. The standard InChI is InChI=1S/C15H27N3O3/c1-11-9-16-10-13(11)15(21)18-6-3-12(4-7-18)14(20)17-5-2-8-19/h11-13,16,19H,2-10H2,1H3,(H,17,20)/t11-,13-/m1/s1. The number of hydrogen-bond acceptors (Lipinski definition) is 4. The van der Waals surface area contributed by atoms with Crippen LogP contribution >= 0.6 is 0 Å². The minimum atomic E-state index is 0.00636. The van der Waals surface area contributed by atoms with E-state index in [9.17, 15) is 9.59 Å². The lowest BCUT2D eigenvalue weighted by atomic mass is 9.92. The molecule has 2 aliphatic rings. The van der Waals surface area contributed by atoms with E-state index in [0.29, 0.717) is 32.0 Å². The summed E-state index contributed by atoms with van der Waals surface area (Å²) in [4.78, 5) is 26.3. The molecule has 0 saturated carbocycles. The molecule has 2 rings (SSSR count). The zero-order valence-corrected chi connectivity index (χ0v) is 12.8. The molecule has 2 amide bonds. The van der Waals surface area contributed by atoms with E-state index in [1.54, 1.807) is 0 Å². The summed E-state index contributed by atoms with van der Waals surface area (Å²) in [5.74, 6) is 0.807. The van der Waals surface area contributed by atoms with Gasteiger partial charge in [-0.15, -0.1) is 0 Å². The molecule has 0 radical (unpaired) electrons. The van der Waals surface area contributed by atoms with Gasteiger partial charge >= 0.3 is 0 Å². The average molecular weight is 297 g/mol. The summed E-state index contributed by atoms with van der Waals surface area (Å²) < 4.78 is 0. The van der Waals surface area contributed by atoms with Gasteiger partial charge < -0.3 is 20.6 Å². The van der Waals surface area contributed by atoms with Crippen molar-refractivity contribution >= 4 is 11.8 Å². The van der Waals surface area contributed by atoms with Crippen LogP contribution in [0.1, 0.15) is 26.2 Å². The third kappa shape index (κ3) is 4.17. The van der Waals surface area contributed by atoms with Crippen LogP contribution in [0.15, 0.2) is 0 Å². The number of likely N-dealkylation sites (tertiary alicyclic amines) is 1. The van der Waals surface area contributed by atoms with E-state index in [2.05, 4.69) is 17.6 Å². The molecule has 0 unspecified atom stereocenters. The van der Waals surface area contributed by atoms with Crippen LogP contribution in [0.5, 0.6) is 0 Å². The van der Waals surface area contributed by atoms with Crippen LogP contribution in [0.2, 0.25) is 0 Å². The molecule has 2 aliphatic heterocycles. The first-order valence-electron chi connectivity index (χ1n) is 8.01. The first kappa shape index (κ1) is 16.2. The normalized spacial score (nSPS) is 26.9. The van der Waals surface area contributed by atoms with Crippen molar-refractivity contribution in [3.8, 4) is 0 Å². The van der Waals surface area contributed by atoms with Gasteiger partial charge in [0, 0.05) is 38.7 Å². The van der Waals surface area contributed by atoms with E-state index in [1.165, 1.54) is 0 Å². The van der Waals surface area contributed by atoms with Gasteiger partial charge in [-0.05, 0) is 31.7 Å². The number of carbonyl (C=O) groups is 2. The topological polar surface area (TPSA) is 81.7 Å². The number of nitrogens with zero attached hydrogens (tertiary/aromatic N) is 1. The molecule has 0 spiro atoms. The Morgan fingerprint density at radius 1 is 1.29 bits per heavy atom. The van der Waals surface area contributed by atoms with Crippen LogP contribution in [0.4, 0.5) is 0 Å². The minimum Gasteiger partial charge on any atom is -0.396 e. The maximum Gasteiger partial charge on any atom is 0.227 e. The SMILES string of the molecule is C[C@@H]1CNC[C@H]1C(=O)N1CCC(C(=O)NCCCO)CC1. The van der Waals surface area contributed by atoms with E-state index in [-0.39, 0.29) is 30.3 Å². The van der Waals surface area contributed by atoms with Crippen molar-refractivity contribution < 1.29 is 14.7 Å². The van der Waals surface area contributed by atoms with Gasteiger partial charge in [0.25, 0.3) is 0 Å². The molecular weight excluding hydrogens is 270 g/mol. The fourth-order valence-electron chi connectivity index (χ4n) is 3.17. The summed E-state index contributed by atoms with van der Waals surface area (Å²) in [6.45, 7) is 5.80. The Hall–Kier alpha value is -1.14. The molecule has 6 heteroatoms. The Bertz CT molecular complexity index is 367. The van der Waals surface area contributed by atoms with E-state index in [0.717, 1.165) is 25.9 Å². The van der Waals surface area contributed by atoms with Crippen LogP contribution in [0, 0.1) is 17.8 Å².